The van der Waals surface area contributed by atoms with Crippen molar-refractivity contribution < 1.29 is 9.18 Å². The van der Waals surface area contributed by atoms with Gasteiger partial charge in [-0.2, -0.15) is 0 Å². The normalized spacial score (nSPS) is 11.9. The molecule has 1 aromatic carbocycles. The number of nitrogens with two attached hydrogens (primary N) is 1. The Bertz CT molecular complexity index is 542. The van der Waals surface area contributed by atoms with E-state index in [9.17, 15) is 9.18 Å². The van der Waals surface area contributed by atoms with Crippen LogP contribution < -0.4 is 11.1 Å². The van der Waals surface area contributed by atoms with Gasteiger partial charge < -0.3 is 11.1 Å². The summed E-state index contributed by atoms with van der Waals surface area (Å²) in [5, 5.41) is 2.80. The SMILES string of the molecule is NCC(=O)NC(c1ccncc1)c1ccc(F)cc1. The maximum absolute atomic E-state index is 13.0. The Kier molecular flexibility index (Phi) is 4.20. The summed E-state index contributed by atoms with van der Waals surface area (Å²) in [6.07, 6.45) is 3.28. The van der Waals surface area contributed by atoms with Gasteiger partial charge in [0.2, 0.25) is 5.91 Å². The molecule has 4 nitrogen and oxygen atoms in total. The van der Waals surface area contributed by atoms with Crippen molar-refractivity contribution in [3.8, 4) is 0 Å². The molecule has 1 aromatic heterocycles. The lowest BCUT2D eigenvalue weighted by Gasteiger charge is -2.19. The molecule has 98 valence electrons. The minimum Gasteiger partial charge on any atom is -0.344 e. The summed E-state index contributed by atoms with van der Waals surface area (Å²) in [6, 6.07) is 9.22. The van der Waals surface area contributed by atoms with E-state index in [1.165, 1.54) is 12.1 Å². The number of benzene rings is 1. The lowest BCUT2D eigenvalue weighted by molar-refractivity contribution is -0.120. The highest BCUT2D eigenvalue weighted by atomic mass is 19.1. The number of amides is 1. The summed E-state index contributed by atoms with van der Waals surface area (Å²) in [5.74, 6) is -0.589. The summed E-state index contributed by atoms with van der Waals surface area (Å²) in [4.78, 5) is 15.4. The zero-order chi connectivity index (χ0) is 13.7. The Morgan fingerprint density at radius 2 is 1.74 bits per heavy atom. The van der Waals surface area contributed by atoms with Gasteiger partial charge >= 0.3 is 0 Å². The molecule has 2 aromatic rings. The standard InChI is InChI=1S/C14H14FN3O/c15-12-3-1-10(2-4-12)14(18-13(19)9-16)11-5-7-17-8-6-11/h1-8,14H,9,16H2,(H,18,19). The average molecular weight is 259 g/mol. The van der Waals surface area contributed by atoms with Gasteiger partial charge in [0.05, 0.1) is 12.6 Å². The van der Waals surface area contributed by atoms with Gasteiger partial charge in [0, 0.05) is 12.4 Å². The summed E-state index contributed by atoms with van der Waals surface area (Å²) in [7, 11) is 0. The van der Waals surface area contributed by atoms with Gasteiger partial charge in [0.25, 0.3) is 0 Å². The second kappa shape index (κ2) is 6.06. The molecule has 3 N–H and O–H groups in total. The Morgan fingerprint density at radius 3 is 2.32 bits per heavy atom. The highest BCUT2D eigenvalue weighted by Crippen LogP contribution is 2.21. The lowest BCUT2D eigenvalue weighted by Crippen LogP contribution is -2.34. The molecule has 0 saturated heterocycles. The third kappa shape index (κ3) is 3.35. The van der Waals surface area contributed by atoms with Gasteiger partial charge in [-0.15, -0.1) is 0 Å². The molecule has 19 heavy (non-hydrogen) atoms. The molecule has 0 spiro atoms. The van der Waals surface area contributed by atoms with Crippen molar-refractivity contribution in [2.24, 2.45) is 5.73 Å². The van der Waals surface area contributed by atoms with Crippen LogP contribution in [-0.2, 0) is 4.79 Å². The van der Waals surface area contributed by atoms with Gasteiger partial charge in [-0.3, -0.25) is 9.78 Å². The molecule has 0 fully saturated rings. The second-order valence-electron chi connectivity index (χ2n) is 4.04. The minimum atomic E-state index is -0.361. The van der Waals surface area contributed by atoms with E-state index in [1.54, 1.807) is 36.7 Å². The van der Waals surface area contributed by atoms with Crippen molar-refractivity contribution in [3.05, 3.63) is 65.7 Å². The number of carbonyl (C=O) groups excluding carboxylic acids is 1. The maximum atomic E-state index is 13.0. The van der Waals surface area contributed by atoms with Crippen LogP contribution in [0.4, 0.5) is 4.39 Å². The van der Waals surface area contributed by atoms with Gasteiger partial charge in [-0.25, -0.2) is 4.39 Å². The molecule has 1 unspecified atom stereocenters. The molecule has 0 radical (unpaired) electrons. The fourth-order valence-corrected chi connectivity index (χ4v) is 1.79. The van der Waals surface area contributed by atoms with E-state index in [4.69, 9.17) is 5.73 Å². The Morgan fingerprint density at radius 1 is 1.16 bits per heavy atom. The van der Waals surface area contributed by atoms with E-state index in [2.05, 4.69) is 10.3 Å². The number of hydrogen-bond acceptors (Lipinski definition) is 3. The molecular formula is C14H14FN3O. The number of aromatic nitrogens is 1. The van der Waals surface area contributed by atoms with Crippen LogP contribution in [0.25, 0.3) is 0 Å². The summed E-state index contributed by atoms with van der Waals surface area (Å²) in [6.45, 7) is -0.0945. The first-order chi connectivity index (χ1) is 9.20. The first-order valence-electron chi connectivity index (χ1n) is 5.85. The van der Waals surface area contributed by atoms with Crippen molar-refractivity contribution in [1.82, 2.24) is 10.3 Å². The molecule has 1 heterocycles. The van der Waals surface area contributed by atoms with Gasteiger partial charge in [0.15, 0.2) is 0 Å². The van der Waals surface area contributed by atoms with Gasteiger partial charge in [-0.05, 0) is 35.4 Å². The maximum Gasteiger partial charge on any atom is 0.234 e. The van der Waals surface area contributed by atoms with Gasteiger partial charge in [0.1, 0.15) is 5.82 Å². The molecule has 0 bridgehead atoms. The summed E-state index contributed by atoms with van der Waals surface area (Å²) in [5.41, 5.74) is 6.97. The third-order valence-corrected chi connectivity index (χ3v) is 2.73. The molecule has 5 heteroatoms. The Labute approximate surface area is 110 Å². The predicted molar refractivity (Wildman–Crippen MR) is 69.7 cm³/mol. The first-order valence-corrected chi connectivity index (χ1v) is 5.85. The van der Waals surface area contributed by atoms with E-state index >= 15 is 0 Å². The van der Waals surface area contributed by atoms with E-state index in [-0.39, 0.29) is 24.3 Å². The summed E-state index contributed by atoms with van der Waals surface area (Å²) >= 11 is 0. The highest BCUT2D eigenvalue weighted by Gasteiger charge is 2.16. The number of carbonyl (C=O) groups is 1. The number of nitrogens with zero attached hydrogens (tertiary/aromatic N) is 1. The highest BCUT2D eigenvalue weighted by molar-refractivity contribution is 5.78. The Balaban J connectivity index is 2.34. The van der Waals surface area contributed by atoms with E-state index < -0.39 is 0 Å². The quantitative estimate of drug-likeness (QED) is 0.871. The number of nitrogens with one attached hydrogen (secondary N) is 1. The number of rotatable bonds is 4. The molecule has 2 rings (SSSR count). The van der Waals surface area contributed by atoms with Crippen molar-refractivity contribution in [2.75, 3.05) is 6.54 Å². The predicted octanol–water partition coefficient (Wildman–Crippen LogP) is 1.38. The molecule has 0 aliphatic carbocycles. The molecule has 1 atom stereocenters. The topological polar surface area (TPSA) is 68.0 Å². The van der Waals surface area contributed by atoms with Crippen LogP contribution in [0.2, 0.25) is 0 Å². The van der Waals surface area contributed by atoms with Crippen LogP contribution in [0, 0.1) is 5.82 Å². The largest absolute Gasteiger partial charge is 0.344 e. The van der Waals surface area contributed by atoms with Crippen LogP contribution in [0.15, 0.2) is 48.8 Å². The van der Waals surface area contributed by atoms with E-state index in [0.29, 0.717) is 0 Å². The molecule has 0 aliphatic rings. The minimum absolute atomic E-state index is 0.0945. The smallest absolute Gasteiger partial charge is 0.234 e. The number of hydrogen-bond donors (Lipinski definition) is 2. The zero-order valence-corrected chi connectivity index (χ0v) is 10.2. The molecule has 0 saturated carbocycles. The number of pyridine rings is 1. The summed E-state index contributed by atoms with van der Waals surface area (Å²) < 4.78 is 13.0. The van der Waals surface area contributed by atoms with Crippen LogP contribution in [0.1, 0.15) is 17.2 Å². The van der Waals surface area contributed by atoms with Crippen molar-refractivity contribution >= 4 is 5.91 Å². The average Bonchev–Trinajstić information content (AvgIpc) is 2.46. The fraction of sp³-hybridized carbons (Fsp3) is 0.143. The Hall–Kier alpha value is -2.27. The first kappa shape index (κ1) is 13.2. The second-order valence-corrected chi connectivity index (χ2v) is 4.04. The third-order valence-electron chi connectivity index (χ3n) is 2.73. The van der Waals surface area contributed by atoms with Crippen molar-refractivity contribution in [2.45, 2.75) is 6.04 Å². The van der Waals surface area contributed by atoms with Crippen LogP contribution in [-0.4, -0.2) is 17.4 Å². The molecular weight excluding hydrogens is 245 g/mol. The van der Waals surface area contributed by atoms with E-state index in [0.717, 1.165) is 11.1 Å². The van der Waals surface area contributed by atoms with Crippen LogP contribution >= 0.6 is 0 Å². The zero-order valence-electron chi connectivity index (χ0n) is 10.2. The molecule has 0 aliphatic heterocycles. The van der Waals surface area contributed by atoms with Crippen molar-refractivity contribution in [3.63, 3.8) is 0 Å². The lowest BCUT2D eigenvalue weighted by atomic mass is 9.99. The van der Waals surface area contributed by atoms with Crippen molar-refractivity contribution in [1.29, 1.82) is 0 Å². The van der Waals surface area contributed by atoms with Gasteiger partial charge in [-0.1, -0.05) is 12.1 Å². The van der Waals surface area contributed by atoms with E-state index in [1.807, 2.05) is 0 Å². The molecule has 1 amide bonds. The van der Waals surface area contributed by atoms with Crippen LogP contribution in [0.3, 0.4) is 0 Å². The van der Waals surface area contributed by atoms with Crippen LogP contribution in [0.5, 0.6) is 0 Å². The number of halogens is 1. The fourth-order valence-electron chi connectivity index (χ4n) is 1.79. The monoisotopic (exact) mass is 259 g/mol.